The molecule has 4 atom stereocenters. The summed E-state index contributed by atoms with van der Waals surface area (Å²) in [6, 6.07) is 12.2. The molecule has 2 aromatic carbocycles. The molecule has 14 heteroatoms. The molecule has 59 heavy (non-hydrogen) atoms. The Morgan fingerprint density at radius 2 is 1.47 bits per heavy atom. The summed E-state index contributed by atoms with van der Waals surface area (Å²) in [6.45, 7) is 10.6. The fraction of sp³-hybridized carbons (Fsp3) is 0.422. The SMILES string of the molecule is COC(=O)NC(C(=O)N1CC(C)=CC1c1ncc(-c2ccc(C#Cc3ccc4c(c3)CCc3[nH]c(C5CCCN5C(=O)C(NC(=O)OC)C(C)C)nc3-4)cc2)[nH]1)C(C)C. The highest BCUT2D eigenvalue weighted by molar-refractivity contribution is 5.87. The second-order valence-electron chi connectivity index (χ2n) is 16.2. The van der Waals surface area contributed by atoms with Crippen molar-refractivity contribution in [2.45, 2.75) is 84.5 Å². The number of nitrogens with zero attached hydrogens (tertiary/aromatic N) is 4. The van der Waals surface area contributed by atoms with E-state index in [1.54, 1.807) is 11.1 Å². The molecule has 1 saturated heterocycles. The first-order valence-corrected chi connectivity index (χ1v) is 20.2. The van der Waals surface area contributed by atoms with Crippen LogP contribution in [-0.4, -0.2) is 93.1 Å². The third-order valence-corrected chi connectivity index (χ3v) is 11.3. The third kappa shape index (κ3) is 8.60. The summed E-state index contributed by atoms with van der Waals surface area (Å²) < 4.78 is 9.54. The number of aryl methyl sites for hydroxylation is 2. The first-order chi connectivity index (χ1) is 28.3. The molecule has 3 aliphatic rings. The van der Waals surface area contributed by atoms with Crippen LogP contribution in [-0.2, 0) is 31.9 Å². The van der Waals surface area contributed by atoms with E-state index >= 15 is 0 Å². The minimum atomic E-state index is -0.734. The minimum Gasteiger partial charge on any atom is -0.453 e. The second-order valence-corrected chi connectivity index (χ2v) is 16.2. The van der Waals surface area contributed by atoms with Crippen molar-refractivity contribution in [1.82, 2.24) is 40.4 Å². The summed E-state index contributed by atoms with van der Waals surface area (Å²) in [5.41, 5.74) is 8.80. The van der Waals surface area contributed by atoms with Crippen LogP contribution in [0.2, 0.25) is 0 Å². The molecule has 0 bridgehead atoms. The zero-order valence-corrected chi connectivity index (χ0v) is 34.6. The molecule has 1 aliphatic carbocycles. The van der Waals surface area contributed by atoms with Gasteiger partial charge in [-0.25, -0.2) is 19.6 Å². The largest absolute Gasteiger partial charge is 0.453 e. The lowest BCUT2D eigenvalue weighted by molar-refractivity contribution is -0.136. The molecule has 0 radical (unpaired) electrons. The number of aromatic amines is 2. The smallest absolute Gasteiger partial charge is 0.407 e. The number of likely N-dealkylation sites (tertiary alicyclic amines) is 1. The van der Waals surface area contributed by atoms with Gasteiger partial charge in [0, 0.05) is 35.5 Å². The fourth-order valence-corrected chi connectivity index (χ4v) is 8.16. The number of amides is 4. The Kier molecular flexibility index (Phi) is 11.9. The molecule has 2 aliphatic heterocycles. The zero-order valence-electron chi connectivity index (χ0n) is 34.6. The summed E-state index contributed by atoms with van der Waals surface area (Å²) in [4.78, 5) is 71.6. The van der Waals surface area contributed by atoms with Gasteiger partial charge in [0.05, 0.1) is 37.8 Å². The van der Waals surface area contributed by atoms with E-state index in [9.17, 15) is 19.2 Å². The topological polar surface area (TPSA) is 175 Å². The number of imidazole rings is 2. The number of benzene rings is 2. The first kappa shape index (κ1) is 40.8. The normalized spacial score (nSPS) is 18.0. The Morgan fingerprint density at radius 3 is 2.14 bits per heavy atom. The molecular weight excluding hydrogens is 749 g/mol. The summed E-state index contributed by atoms with van der Waals surface area (Å²) in [6.07, 6.45) is 5.82. The van der Waals surface area contributed by atoms with Crippen LogP contribution in [0.4, 0.5) is 9.59 Å². The van der Waals surface area contributed by atoms with Crippen molar-refractivity contribution in [2.24, 2.45) is 11.8 Å². The van der Waals surface area contributed by atoms with Gasteiger partial charge in [-0.05, 0) is 79.8 Å². The molecule has 4 aromatic rings. The number of aromatic nitrogens is 4. The number of hydrogen-bond donors (Lipinski definition) is 4. The molecule has 4 N–H and O–H groups in total. The van der Waals surface area contributed by atoms with E-state index in [0.29, 0.717) is 18.9 Å². The molecule has 4 unspecified atom stereocenters. The Hall–Kier alpha value is -6.36. The number of fused-ring (bicyclic) bond motifs is 3. The van der Waals surface area contributed by atoms with E-state index in [1.165, 1.54) is 19.8 Å². The van der Waals surface area contributed by atoms with Crippen molar-refractivity contribution < 1.29 is 28.7 Å². The number of hydrogen-bond acceptors (Lipinski definition) is 8. The summed E-state index contributed by atoms with van der Waals surface area (Å²) in [7, 11) is 2.58. The van der Waals surface area contributed by atoms with E-state index in [2.05, 4.69) is 49.6 Å². The van der Waals surface area contributed by atoms with Gasteiger partial charge in [-0.2, -0.15) is 0 Å². The standard InChI is InChI=1S/C45H52N8O6/c1-25(2)37(50-44(56)58-6)42(54)52-20-8-9-35(52)41-47-33-19-17-31-22-29(14-18-32(31)39(33)49-41)11-10-28-12-15-30(16-13-28)34-23-46-40(48-34)36-21-27(5)24-53(36)43(55)38(26(3)4)51-45(57)59-7/h12-16,18,21-23,25-26,35-38H,8-9,17,19-20,24H2,1-7H3,(H,46,48)(H,47,49)(H,50,56)(H,51,57). The lowest BCUT2D eigenvalue weighted by atomic mass is 9.91. The molecular formula is C45H52N8O6. The highest BCUT2D eigenvalue weighted by Crippen LogP contribution is 2.38. The Bertz CT molecular complexity index is 2330. The fourth-order valence-electron chi connectivity index (χ4n) is 8.16. The number of ether oxygens (including phenoxy) is 2. The van der Waals surface area contributed by atoms with Gasteiger partial charge < -0.3 is 39.9 Å². The predicted molar refractivity (Wildman–Crippen MR) is 222 cm³/mol. The van der Waals surface area contributed by atoms with Crippen LogP contribution in [0, 0.1) is 23.7 Å². The first-order valence-electron chi connectivity index (χ1n) is 20.2. The maximum atomic E-state index is 13.7. The Balaban J connectivity index is 1.02. The van der Waals surface area contributed by atoms with Gasteiger partial charge >= 0.3 is 12.2 Å². The Labute approximate surface area is 344 Å². The van der Waals surface area contributed by atoms with Crippen molar-refractivity contribution in [1.29, 1.82) is 0 Å². The van der Waals surface area contributed by atoms with Crippen molar-refractivity contribution in [3.05, 3.63) is 94.3 Å². The molecule has 2 aromatic heterocycles. The lowest BCUT2D eigenvalue weighted by Crippen LogP contribution is -2.51. The number of alkyl carbamates (subject to hydrolysis) is 2. The molecule has 1 fully saturated rings. The maximum absolute atomic E-state index is 13.7. The average molecular weight is 801 g/mol. The third-order valence-electron chi connectivity index (χ3n) is 11.3. The van der Waals surface area contributed by atoms with E-state index in [0.717, 1.165) is 76.4 Å². The van der Waals surface area contributed by atoms with Gasteiger partial charge in [-0.3, -0.25) is 9.59 Å². The minimum absolute atomic E-state index is 0.104. The van der Waals surface area contributed by atoms with E-state index < -0.39 is 30.3 Å². The summed E-state index contributed by atoms with van der Waals surface area (Å²) in [5.74, 6) is 7.49. The van der Waals surface area contributed by atoms with Crippen LogP contribution in [0.3, 0.4) is 0 Å². The number of nitrogens with one attached hydrogen (secondary N) is 4. The van der Waals surface area contributed by atoms with Crippen molar-refractivity contribution >= 4 is 24.0 Å². The van der Waals surface area contributed by atoms with Crippen molar-refractivity contribution in [3.63, 3.8) is 0 Å². The summed E-state index contributed by atoms with van der Waals surface area (Å²) in [5, 5.41) is 5.40. The Morgan fingerprint density at radius 1 is 0.831 bits per heavy atom. The van der Waals surface area contributed by atoms with Gasteiger partial charge in [-0.1, -0.05) is 69.4 Å². The zero-order chi connectivity index (χ0) is 42.0. The molecule has 0 spiro atoms. The van der Waals surface area contributed by atoms with Crippen LogP contribution < -0.4 is 10.6 Å². The van der Waals surface area contributed by atoms with Gasteiger partial charge in [0.2, 0.25) is 11.8 Å². The van der Waals surface area contributed by atoms with Crippen LogP contribution in [0.15, 0.2) is 60.3 Å². The quantitative estimate of drug-likeness (QED) is 0.114. The average Bonchev–Trinajstić information content (AvgIpc) is 4.06. The van der Waals surface area contributed by atoms with Gasteiger partial charge in [-0.15, -0.1) is 0 Å². The highest BCUT2D eigenvalue weighted by Gasteiger charge is 2.39. The van der Waals surface area contributed by atoms with E-state index in [4.69, 9.17) is 14.5 Å². The van der Waals surface area contributed by atoms with Crippen molar-refractivity contribution in [3.8, 4) is 34.4 Å². The van der Waals surface area contributed by atoms with Crippen LogP contribution in [0.1, 0.15) is 93.6 Å². The van der Waals surface area contributed by atoms with Crippen LogP contribution >= 0.6 is 0 Å². The number of carbonyl (C=O) groups is 4. The highest BCUT2D eigenvalue weighted by atomic mass is 16.5. The molecule has 4 heterocycles. The maximum Gasteiger partial charge on any atom is 0.407 e. The van der Waals surface area contributed by atoms with Crippen LogP contribution in [0.25, 0.3) is 22.5 Å². The van der Waals surface area contributed by atoms with E-state index in [-0.39, 0.29) is 29.7 Å². The predicted octanol–water partition coefficient (Wildman–Crippen LogP) is 6.22. The summed E-state index contributed by atoms with van der Waals surface area (Å²) >= 11 is 0. The second kappa shape index (κ2) is 17.2. The molecule has 0 saturated carbocycles. The van der Waals surface area contributed by atoms with Gasteiger partial charge in [0.25, 0.3) is 0 Å². The van der Waals surface area contributed by atoms with Crippen molar-refractivity contribution in [2.75, 3.05) is 27.3 Å². The number of H-pyrrole nitrogens is 2. The lowest BCUT2D eigenvalue weighted by Gasteiger charge is -2.30. The molecule has 4 amide bonds. The number of methoxy groups -OCH3 is 2. The number of carbonyl (C=O) groups excluding carboxylic acids is 4. The monoisotopic (exact) mass is 800 g/mol. The van der Waals surface area contributed by atoms with E-state index in [1.807, 2.05) is 75.9 Å². The van der Waals surface area contributed by atoms with Gasteiger partial charge in [0.1, 0.15) is 29.8 Å². The molecule has 308 valence electrons. The number of rotatable bonds is 9. The molecule has 7 rings (SSSR count). The van der Waals surface area contributed by atoms with Gasteiger partial charge in [0.15, 0.2) is 0 Å². The molecule has 14 nitrogen and oxygen atoms in total. The van der Waals surface area contributed by atoms with Crippen LogP contribution in [0.5, 0.6) is 0 Å².